The highest BCUT2D eigenvalue weighted by molar-refractivity contribution is 5.47. The molecule has 8 heteroatoms. The molecule has 5 rings (SSSR count). The highest BCUT2D eigenvalue weighted by Gasteiger charge is 2.30. The second-order valence-corrected chi connectivity index (χ2v) is 8.38. The van der Waals surface area contributed by atoms with Gasteiger partial charge in [0.15, 0.2) is 0 Å². The molecule has 5 aromatic rings. The fourth-order valence-corrected chi connectivity index (χ4v) is 4.47. The van der Waals surface area contributed by atoms with Crippen molar-refractivity contribution in [2.75, 3.05) is 0 Å². The smallest absolute Gasteiger partial charge is 0.275 e. The van der Waals surface area contributed by atoms with Crippen LogP contribution in [0.1, 0.15) is 34.0 Å². The standard InChI is InChI=1S/C27H22F2N4O2/c1-16-23(26(34)32(30-16)21-12-8-19(28)9-13-21)25(18-6-4-3-5-7-18)24-17(2)31-33(27(24)35)22-14-10-20(29)11-15-22/h3-15,25,30-31H,1-2H3. The first-order valence-corrected chi connectivity index (χ1v) is 11.0. The molecule has 0 spiro atoms. The first-order chi connectivity index (χ1) is 16.8. The summed E-state index contributed by atoms with van der Waals surface area (Å²) in [7, 11) is 0. The third kappa shape index (κ3) is 3.93. The average Bonchev–Trinajstić information content (AvgIpc) is 3.31. The molecule has 0 aliphatic rings. The van der Waals surface area contributed by atoms with Gasteiger partial charge in [-0.2, -0.15) is 0 Å². The Bertz CT molecular complexity index is 1510. The number of benzene rings is 3. The lowest BCUT2D eigenvalue weighted by molar-refractivity contribution is 0.626. The number of H-pyrrole nitrogens is 2. The maximum Gasteiger partial charge on any atom is 0.275 e. The first-order valence-electron chi connectivity index (χ1n) is 11.0. The van der Waals surface area contributed by atoms with E-state index >= 15 is 0 Å². The van der Waals surface area contributed by atoms with Crippen LogP contribution in [0.5, 0.6) is 0 Å². The van der Waals surface area contributed by atoms with Gasteiger partial charge in [0.05, 0.1) is 22.5 Å². The minimum atomic E-state index is -0.674. The molecule has 0 amide bonds. The lowest BCUT2D eigenvalue weighted by Crippen LogP contribution is -2.25. The fourth-order valence-electron chi connectivity index (χ4n) is 4.47. The number of aromatic nitrogens is 4. The van der Waals surface area contributed by atoms with Crippen LogP contribution in [0.4, 0.5) is 8.78 Å². The average molecular weight is 472 g/mol. The highest BCUT2D eigenvalue weighted by atomic mass is 19.1. The molecule has 6 nitrogen and oxygen atoms in total. The molecule has 0 fully saturated rings. The van der Waals surface area contributed by atoms with Crippen molar-refractivity contribution >= 4 is 0 Å². The summed E-state index contributed by atoms with van der Waals surface area (Å²) in [5.41, 5.74) is 3.04. The van der Waals surface area contributed by atoms with Crippen molar-refractivity contribution in [2.24, 2.45) is 0 Å². The normalized spacial score (nSPS) is 11.3. The van der Waals surface area contributed by atoms with Crippen LogP contribution in [0.15, 0.2) is 88.5 Å². The molecule has 176 valence electrons. The SMILES string of the molecule is Cc1[nH]n(-c2ccc(F)cc2)c(=O)c1C(c1ccccc1)c1c(C)[nH]n(-c2ccc(F)cc2)c1=O. The Kier molecular flexibility index (Phi) is 5.56. The van der Waals surface area contributed by atoms with Crippen LogP contribution in [0.2, 0.25) is 0 Å². The van der Waals surface area contributed by atoms with Crippen LogP contribution < -0.4 is 11.1 Å². The molecular weight excluding hydrogens is 450 g/mol. The number of aryl methyl sites for hydroxylation is 2. The first kappa shape index (κ1) is 22.3. The number of rotatable bonds is 5. The van der Waals surface area contributed by atoms with E-state index in [-0.39, 0.29) is 11.1 Å². The number of aromatic amines is 2. The molecule has 3 aromatic carbocycles. The number of halogens is 2. The molecule has 0 unspecified atom stereocenters. The summed E-state index contributed by atoms with van der Waals surface area (Å²) >= 11 is 0. The van der Waals surface area contributed by atoms with Crippen LogP contribution >= 0.6 is 0 Å². The third-order valence-electron chi connectivity index (χ3n) is 6.11. The van der Waals surface area contributed by atoms with Crippen molar-refractivity contribution in [3.8, 4) is 11.4 Å². The molecule has 0 atom stereocenters. The zero-order chi connectivity index (χ0) is 24.7. The van der Waals surface area contributed by atoms with Crippen molar-refractivity contribution in [1.29, 1.82) is 0 Å². The quantitative estimate of drug-likeness (QED) is 0.388. The summed E-state index contributed by atoms with van der Waals surface area (Å²) in [6.07, 6.45) is 0. The molecule has 0 aliphatic heterocycles. The van der Waals surface area contributed by atoms with Crippen LogP contribution in [0.3, 0.4) is 0 Å². The van der Waals surface area contributed by atoms with Gasteiger partial charge in [-0.15, -0.1) is 0 Å². The maximum absolute atomic E-state index is 13.7. The van der Waals surface area contributed by atoms with Crippen LogP contribution in [0, 0.1) is 25.5 Å². The lowest BCUT2D eigenvalue weighted by Gasteiger charge is -2.15. The molecule has 0 saturated carbocycles. The summed E-state index contributed by atoms with van der Waals surface area (Å²) in [5, 5.41) is 6.15. The topological polar surface area (TPSA) is 75.6 Å². The Hall–Kier alpha value is -4.46. The second kappa shape index (κ2) is 8.72. The molecule has 35 heavy (non-hydrogen) atoms. The lowest BCUT2D eigenvalue weighted by atomic mass is 9.85. The van der Waals surface area contributed by atoms with E-state index in [1.165, 1.54) is 57.9 Å². The van der Waals surface area contributed by atoms with Gasteiger partial charge in [-0.05, 0) is 67.9 Å². The maximum atomic E-state index is 13.7. The molecule has 0 radical (unpaired) electrons. The molecule has 2 aromatic heterocycles. The van der Waals surface area contributed by atoms with Crippen molar-refractivity contribution in [1.82, 2.24) is 19.6 Å². The summed E-state index contributed by atoms with van der Waals surface area (Å²) in [4.78, 5) is 27.4. The number of hydrogen-bond donors (Lipinski definition) is 2. The predicted molar refractivity (Wildman–Crippen MR) is 130 cm³/mol. The Balaban J connectivity index is 1.74. The largest absolute Gasteiger partial charge is 0.295 e. The molecule has 2 N–H and O–H groups in total. The Morgan fingerprint density at radius 3 is 1.43 bits per heavy atom. The van der Waals surface area contributed by atoms with E-state index in [0.29, 0.717) is 33.9 Å². The van der Waals surface area contributed by atoms with E-state index in [0.717, 1.165) is 5.56 Å². The summed E-state index contributed by atoms with van der Waals surface area (Å²) in [6.45, 7) is 3.54. The van der Waals surface area contributed by atoms with Crippen molar-refractivity contribution < 1.29 is 8.78 Å². The van der Waals surface area contributed by atoms with E-state index in [9.17, 15) is 18.4 Å². The van der Waals surface area contributed by atoms with Gasteiger partial charge in [-0.25, -0.2) is 18.1 Å². The molecular formula is C27H22F2N4O2. The zero-order valence-corrected chi connectivity index (χ0v) is 19.0. The molecule has 0 bridgehead atoms. The Morgan fingerprint density at radius 2 is 1.03 bits per heavy atom. The number of nitrogens with zero attached hydrogens (tertiary/aromatic N) is 2. The predicted octanol–water partition coefficient (Wildman–Crippen LogP) is 4.72. The van der Waals surface area contributed by atoms with Crippen molar-refractivity contribution in [3.63, 3.8) is 0 Å². The van der Waals surface area contributed by atoms with Crippen molar-refractivity contribution in [3.05, 3.63) is 139 Å². The van der Waals surface area contributed by atoms with E-state index in [2.05, 4.69) is 10.2 Å². The van der Waals surface area contributed by atoms with Crippen LogP contribution in [-0.2, 0) is 0 Å². The second-order valence-electron chi connectivity index (χ2n) is 8.38. The highest BCUT2D eigenvalue weighted by Crippen LogP contribution is 2.32. The third-order valence-corrected chi connectivity index (χ3v) is 6.11. The van der Waals surface area contributed by atoms with Gasteiger partial charge >= 0.3 is 0 Å². The van der Waals surface area contributed by atoms with E-state index in [1.54, 1.807) is 13.8 Å². The van der Waals surface area contributed by atoms with Gasteiger partial charge < -0.3 is 0 Å². The van der Waals surface area contributed by atoms with Gasteiger partial charge in [0.25, 0.3) is 11.1 Å². The van der Waals surface area contributed by atoms with E-state index in [4.69, 9.17) is 0 Å². The van der Waals surface area contributed by atoms with Crippen LogP contribution in [-0.4, -0.2) is 19.6 Å². The minimum absolute atomic E-state index is 0.337. The van der Waals surface area contributed by atoms with Gasteiger partial charge in [0.2, 0.25) is 0 Å². The monoisotopic (exact) mass is 472 g/mol. The minimum Gasteiger partial charge on any atom is -0.295 e. The number of nitrogens with one attached hydrogen (secondary N) is 2. The fraction of sp³-hybridized carbons (Fsp3) is 0.111. The van der Waals surface area contributed by atoms with Gasteiger partial charge in [-0.1, -0.05) is 30.3 Å². The van der Waals surface area contributed by atoms with E-state index < -0.39 is 17.6 Å². The molecule has 2 heterocycles. The van der Waals surface area contributed by atoms with E-state index in [1.807, 2.05) is 30.3 Å². The Labute approximate surface area is 199 Å². The zero-order valence-electron chi connectivity index (χ0n) is 19.0. The van der Waals surface area contributed by atoms with Gasteiger partial charge in [0, 0.05) is 17.3 Å². The summed E-state index contributed by atoms with van der Waals surface area (Å²) in [5.74, 6) is -1.49. The molecule has 0 saturated heterocycles. The summed E-state index contributed by atoms with van der Waals surface area (Å²) in [6, 6.07) is 20.5. The van der Waals surface area contributed by atoms with Gasteiger partial charge in [0.1, 0.15) is 11.6 Å². The van der Waals surface area contributed by atoms with Crippen molar-refractivity contribution in [2.45, 2.75) is 19.8 Å². The van der Waals surface area contributed by atoms with Gasteiger partial charge in [-0.3, -0.25) is 19.8 Å². The Morgan fingerprint density at radius 1 is 0.629 bits per heavy atom. The molecule has 0 aliphatic carbocycles. The van der Waals surface area contributed by atoms with Crippen LogP contribution in [0.25, 0.3) is 11.4 Å². The summed E-state index contributed by atoms with van der Waals surface area (Å²) < 4.78 is 29.6. The number of hydrogen-bond acceptors (Lipinski definition) is 2.